The predicted octanol–water partition coefficient (Wildman–Crippen LogP) is 2.63. The Hall–Kier alpha value is -2.75. The second-order valence-corrected chi connectivity index (χ2v) is 8.79. The van der Waals surface area contributed by atoms with Crippen molar-refractivity contribution in [2.75, 3.05) is 13.7 Å². The molecule has 8 nitrogen and oxygen atoms in total. The highest BCUT2D eigenvalue weighted by atomic mass is 35.5. The van der Waals surface area contributed by atoms with Gasteiger partial charge in [-0.05, 0) is 48.9 Å². The number of halogens is 1. The second-order valence-electron chi connectivity index (χ2n) is 6.49. The van der Waals surface area contributed by atoms with Gasteiger partial charge in [-0.15, -0.1) is 0 Å². The number of benzene rings is 2. The highest BCUT2D eigenvalue weighted by Gasteiger charge is 2.36. The van der Waals surface area contributed by atoms with Crippen LogP contribution in [0.3, 0.4) is 0 Å². The fourth-order valence-corrected chi connectivity index (χ4v) is 4.16. The average molecular weight is 451 g/mol. The molecule has 0 bridgehead atoms. The van der Waals surface area contributed by atoms with Crippen LogP contribution in [0.25, 0.3) is 0 Å². The van der Waals surface area contributed by atoms with Crippen molar-refractivity contribution in [2.24, 2.45) is 9.98 Å². The molecule has 0 fully saturated rings. The lowest BCUT2D eigenvalue weighted by atomic mass is 10.0. The first kappa shape index (κ1) is 21.9. The van der Waals surface area contributed by atoms with E-state index >= 15 is 0 Å². The molecule has 0 saturated carbocycles. The summed E-state index contributed by atoms with van der Waals surface area (Å²) in [6.07, 6.45) is 0.384. The van der Waals surface area contributed by atoms with Crippen molar-refractivity contribution < 1.29 is 27.8 Å². The number of aliphatic imine (C=N–C) groups is 2. The highest BCUT2D eigenvalue weighted by molar-refractivity contribution is 8.08. The van der Waals surface area contributed by atoms with Crippen molar-refractivity contribution in [1.29, 1.82) is 0 Å². The van der Waals surface area contributed by atoms with Crippen LogP contribution in [0.1, 0.15) is 18.5 Å². The van der Waals surface area contributed by atoms with E-state index in [1.54, 1.807) is 19.1 Å². The van der Waals surface area contributed by atoms with E-state index in [4.69, 9.17) is 21.1 Å². The number of nitrogens with zero attached hydrogens (tertiary/aromatic N) is 2. The van der Waals surface area contributed by atoms with Gasteiger partial charge in [0.15, 0.2) is 11.5 Å². The Morgan fingerprint density at radius 3 is 2.50 bits per heavy atom. The Bertz CT molecular complexity index is 1110. The summed E-state index contributed by atoms with van der Waals surface area (Å²) in [6, 6.07) is 9.05. The number of aliphatic hydroxyl groups is 1. The van der Waals surface area contributed by atoms with Crippen LogP contribution in [0.4, 0.5) is 0 Å². The Kier molecular flexibility index (Phi) is 6.55. The zero-order valence-electron chi connectivity index (χ0n) is 16.1. The molecule has 2 aromatic carbocycles. The van der Waals surface area contributed by atoms with Crippen molar-refractivity contribution in [2.45, 2.75) is 24.0 Å². The van der Waals surface area contributed by atoms with Crippen molar-refractivity contribution in [3.05, 3.63) is 53.1 Å². The van der Waals surface area contributed by atoms with E-state index in [0.717, 1.165) is 6.34 Å². The summed E-state index contributed by atoms with van der Waals surface area (Å²) in [5, 5.41) is 9.15. The third-order valence-electron chi connectivity index (χ3n) is 4.21. The highest BCUT2D eigenvalue weighted by Crippen LogP contribution is 2.33. The molecule has 2 atom stereocenters. The summed E-state index contributed by atoms with van der Waals surface area (Å²) >= 11 is 5.81. The van der Waals surface area contributed by atoms with Crippen molar-refractivity contribution in [3.8, 4) is 11.5 Å². The van der Waals surface area contributed by atoms with E-state index in [1.807, 2.05) is 0 Å². The maximum atomic E-state index is 13.0. The van der Waals surface area contributed by atoms with Gasteiger partial charge in [-0.3, -0.25) is 9.79 Å². The lowest BCUT2D eigenvalue weighted by molar-refractivity contribution is -0.114. The third-order valence-corrected chi connectivity index (χ3v) is 6.17. The van der Waals surface area contributed by atoms with Crippen LogP contribution in [0.2, 0.25) is 5.02 Å². The summed E-state index contributed by atoms with van der Waals surface area (Å²) in [7, 11) is -2.72. The molecule has 0 spiro atoms. The van der Waals surface area contributed by atoms with Crippen LogP contribution in [-0.2, 0) is 14.6 Å². The predicted molar refractivity (Wildman–Crippen MR) is 112 cm³/mol. The molecular weight excluding hydrogens is 432 g/mol. The van der Waals surface area contributed by atoms with Gasteiger partial charge in [0.05, 0.1) is 18.1 Å². The van der Waals surface area contributed by atoms with Gasteiger partial charge in [0.1, 0.15) is 19.0 Å². The number of hydrogen-bond donors (Lipinski definition) is 1. The molecule has 0 saturated heterocycles. The first-order valence-electron chi connectivity index (χ1n) is 8.87. The number of carbonyl (C=O) groups is 1. The molecule has 30 heavy (non-hydrogen) atoms. The van der Waals surface area contributed by atoms with Gasteiger partial charge in [-0.2, -0.15) is 0 Å². The molecular formula is C20H19ClN2O6S. The summed E-state index contributed by atoms with van der Waals surface area (Å²) < 4.78 is 36.5. The number of rotatable bonds is 6. The van der Waals surface area contributed by atoms with Gasteiger partial charge in [0, 0.05) is 5.02 Å². The summed E-state index contributed by atoms with van der Waals surface area (Å²) in [5.74, 6) is -0.0648. The Balaban J connectivity index is 1.91. The van der Waals surface area contributed by atoms with Crippen LogP contribution in [0.5, 0.6) is 11.5 Å². The number of carbonyl (C=O) groups excluding carboxylic acids is 1. The minimum absolute atomic E-state index is 0.0619. The molecule has 0 aliphatic carbocycles. The molecule has 158 valence electrons. The number of aliphatic hydroxyl groups excluding tert-OH is 1. The number of Topliss-reactive ketones (excluding diaryl/α,β-unsaturated/α-hetero) is 1. The molecule has 0 amide bonds. The Morgan fingerprint density at radius 2 is 1.87 bits per heavy atom. The summed E-state index contributed by atoms with van der Waals surface area (Å²) in [5.41, 5.74) is 0.413. The van der Waals surface area contributed by atoms with E-state index in [2.05, 4.69) is 9.98 Å². The molecule has 10 heteroatoms. The number of hydrogen-bond acceptors (Lipinski definition) is 8. The van der Waals surface area contributed by atoms with Gasteiger partial charge < -0.3 is 14.6 Å². The number of ketones is 1. The monoisotopic (exact) mass is 450 g/mol. The average Bonchev–Trinajstić information content (AvgIpc) is 2.72. The number of methoxy groups -OCH3 is 1. The van der Waals surface area contributed by atoms with Gasteiger partial charge in [0.2, 0.25) is 20.7 Å². The molecule has 1 heterocycles. The fourth-order valence-electron chi connectivity index (χ4n) is 2.75. The van der Waals surface area contributed by atoms with Gasteiger partial charge in [0.25, 0.3) is 0 Å². The molecule has 1 aliphatic rings. The maximum Gasteiger partial charge on any atom is 0.227 e. The SMILES string of the molecule is COc1cc(C2N=CN=C(S(=O)(=O)c3ccc(Cl)cc3)C2=O)ccc1OC[C@@H](C)O. The molecule has 1 unspecified atom stereocenters. The lowest BCUT2D eigenvalue weighted by Crippen LogP contribution is -2.31. The van der Waals surface area contributed by atoms with Crippen molar-refractivity contribution in [3.63, 3.8) is 0 Å². The Labute approximate surface area is 178 Å². The van der Waals surface area contributed by atoms with Crippen molar-refractivity contribution >= 4 is 38.6 Å². The number of ether oxygens (including phenoxy) is 2. The molecule has 1 N–H and O–H groups in total. The first-order chi connectivity index (χ1) is 14.2. The van der Waals surface area contributed by atoms with E-state index in [9.17, 15) is 18.3 Å². The third kappa shape index (κ3) is 4.53. The topological polar surface area (TPSA) is 115 Å². The van der Waals surface area contributed by atoms with E-state index in [0.29, 0.717) is 22.1 Å². The smallest absolute Gasteiger partial charge is 0.227 e. The maximum absolute atomic E-state index is 13.0. The van der Waals surface area contributed by atoms with Crippen LogP contribution >= 0.6 is 11.6 Å². The van der Waals surface area contributed by atoms with Crippen LogP contribution in [-0.4, -0.2) is 50.5 Å². The minimum atomic E-state index is -4.14. The fraction of sp³-hybridized carbons (Fsp3) is 0.250. The quantitative estimate of drug-likeness (QED) is 0.723. The van der Waals surface area contributed by atoms with E-state index < -0.39 is 32.8 Å². The molecule has 0 aromatic heterocycles. The second kappa shape index (κ2) is 8.95. The first-order valence-corrected chi connectivity index (χ1v) is 10.7. The normalized spacial score (nSPS) is 17.4. The van der Waals surface area contributed by atoms with Gasteiger partial charge in [-0.1, -0.05) is 17.7 Å². The Morgan fingerprint density at radius 1 is 1.17 bits per heavy atom. The van der Waals surface area contributed by atoms with Crippen LogP contribution in [0.15, 0.2) is 57.3 Å². The molecule has 1 aliphatic heterocycles. The van der Waals surface area contributed by atoms with E-state index in [1.165, 1.54) is 37.4 Å². The zero-order chi connectivity index (χ0) is 21.9. The van der Waals surface area contributed by atoms with Gasteiger partial charge >= 0.3 is 0 Å². The van der Waals surface area contributed by atoms with Crippen LogP contribution in [0, 0.1) is 0 Å². The molecule has 0 radical (unpaired) electrons. The zero-order valence-corrected chi connectivity index (χ0v) is 17.7. The van der Waals surface area contributed by atoms with Crippen molar-refractivity contribution in [1.82, 2.24) is 0 Å². The largest absolute Gasteiger partial charge is 0.493 e. The van der Waals surface area contributed by atoms with E-state index in [-0.39, 0.29) is 11.5 Å². The van der Waals surface area contributed by atoms with Crippen LogP contribution < -0.4 is 9.47 Å². The number of sulfone groups is 1. The lowest BCUT2D eigenvalue weighted by Gasteiger charge is -2.18. The molecule has 2 aromatic rings. The summed E-state index contributed by atoms with van der Waals surface area (Å²) in [4.78, 5) is 20.7. The molecule has 3 rings (SSSR count). The standard InChI is InChI=1S/C20H19ClN2O6S/c1-12(24)10-29-16-8-3-13(9-17(16)28-2)18-19(25)20(23-11-22-18)30(26,27)15-6-4-14(21)5-7-15/h3-9,11-12,18,24H,10H2,1-2H3/t12-,18?/m1/s1. The van der Waals surface area contributed by atoms with Gasteiger partial charge in [-0.25, -0.2) is 13.4 Å². The minimum Gasteiger partial charge on any atom is -0.493 e. The summed E-state index contributed by atoms with van der Waals surface area (Å²) in [6.45, 7) is 1.64.